The van der Waals surface area contributed by atoms with Crippen LogP contribution in [0.1, 0.15) is 31.1 Å². The monoisotopic (exact) mass is 278 g/mol. The van der Waals surface area contributed by atoms with Crippen LogP contribution in [0.3, 0.4) is 0 Å². The number of morpholine rings is 1. The Hall–Kier alpha value is -1.39. The fraction of sp³-hybridized carbons (Fsp3) is 0.562. The summed E-state index contributed by atoms with van der Waals surface area (Å²) in [6.45, 7) is 9.49. The fourth-order valence-electron chi connectivity index (χ4n) is 2.71. The normalized spacial score (nSPS) is 26.2. The van der Waals surface area contributed by atoms with E-state index >= 15 is 0 Å². The smallest absolute Gasteiger partial charge is 0.159 e. The van der Waals surface area contributed by atoms with E-state index < -0.39 is 0 Å². The number of ketones is 1. The lowest BCUT2D eigenvalue weighted by Gasteiger charge is -2.32. The maximum atomic E-state index is 11.3. The zero-order valence-electron chi connectivity index (χ0n) is 12.5. The first-order chi connectivity index (χ1) is 9.54. The molecule has 0 radical (unpaired) electrons. The van der Waals surface area contributed by atoms with Crippen molar-refractivity contribution in [2.24, 2.45) is 0 Å². The Labute approximate surface area is 120 Å². The van der Waals surface area contributed by atoms with Gasteiger partial charge in [0, 0.05) is 5.56 Å². The van der Waals surface area contributed by atoms with Gasteiger partial charge in [0.15, 0.2) is 5.78 Å². The molecule has 0 bridgehead atoms. The molecule has 110 valence electrons. The maximum Gasteiger partial charge on any atom is 0.159 e. The summed E-state index contributed by atoms with van der Waals surface area (Å²) in [4.78, 5) is 12.8. The number of quaternary nitrogens is 1. The highest BCUT2D eigenvalue weighted by molar-refractivity contribution is 5.94. The number of hydrogen-bond acceptors (Lipinski definition) is 3. The minimum absolute atomic E-state index is 0.0666. The number of rotatable bonds is 5. The van der Waals surface area contributed by atoms with Gasteiger partial charge in [0.25, 0.3) is 0 Å². The van der Waals surface area contributed by atoms with Crippen molar-refractivity contribution in [3.05, 3.63) is 29.8 Å². The fourth-order valence-corrected chi connectivity index (χ4v) is 2.71. The number of carbonyl (C=O) groups is 1. The Kier molecular flexibility index (Phi) is 5.15. The number of carbonyl (C=O) groups excluding carboxylic acids is 1. The molecule has 1 aliphatic heterocycles. The van der Waals surface area contributed by atoms with E-state index in [0.717, 1.165) is 25.4 Å². The summed E-state index contributed by atoms with van der Waals surface area (Å²) in [5.74, 6) is 0.836. The van der Waals surface area contributed by atoms with Crippen LogP contribution in [-0.2, 0) is 4.74 Å². The van der Waals surface area contributed by atoms with E-state index in [1.807, 2.05) is 24.3 Å². The van der Waals surface area contributed by atoms with Crippen LogP contribution in [-0.4, -0.2) is 44.2 Å². The highest BCUT2D eigenvalue weighted by atomic mass is 16.5. The van der Waals surface area contributed by atoms with Gasteiger partial charge >= 0.3 is 0 Å². The van der Waals surface area contributed by atoms with Crippen LogP contribution in [0.5, 0.6) is 5.75 Å². The van der Waals surface area contributed by atoms with Crippen molar-refractivity contribution >= 4 is 5.78 Å². The molecule has 2 rings (SSSR count). The molecule has 0 amide bonds. The molecule has 4 nitrogen and oxygen atoms in total. The molecule has 0 unspecified atom stereocenters. The summed E-state index contributed by atoms with van der Waals surface area (Å²) in [6.07, 6.45) is 0.629. The molecular formula is C16H24NO3+. The molecule has 1 aliphatic rings. The topological polar surface area (TPSA) is 40.0 Å². The lowest BCUT2D eigenvalue weighted by Crippen LogP contribution is -3.16. The van der Waals surface area contributed by atoms with Crippen LogP contribution in [0.4, 0.5) is 0 Å². The zero-order chi connectivity index (χ0) is 14.5. The predicted molar refractivity (Wildman–Crippen MR) is 77.5 cm³/mol. The van der Waals surface area contributed by atoms with Gasteiger partial charge in [-0.25, -0.2) is 0 Å². The molecule has 1 aromatic rings. The molecule has 0 saturated carbocycles. The average Bonchev–Trinajstić information content (AvgIpc) is 2.38. The largest absolute Gasteiger partial charge is 0.488 e. The van der Waals surface area contributed by atoms with Crippen molar-refractivity contribution in [1.82, 2.24) is 0 Å². The van der Waals surface area contributed by atoms with Crippen molar-refractivity contribution in [3.8, 4) is 5.75 Å². The van der Waals surface area contributed by atoms with Gasteiger partial charge in [-0.2, -0.15) is 0 Å². The minimum Gasteiger partial charge on any atom is -0.488 e. The summed E-state index contributed by atoms with van der Waals surface area (Å²) in [5.41, 5.74) is 0.698. The third-order valence-corrected chi connectivity index (χ3v) is 3.58. The number of hydrogen-bond donors (Lipinski definition) is 1. The van der Waals surface area contributed by atoms with Gasteiger partial charge in [-0.3, -0.25) is 4.79 Å². The van der Waals surface area contributed by atoms with Crippen LogP contribution in [0.2, 0.25) is 0 Å². The molecule has 0 aliphatic carbocycles. The van der Waals surface area contributed by atoms with Crippen molar-refractivity contribution < 1.29 is 19.2 Å². The highest BCUT2D eigenvalue weighted by Crippen LogP contribution is 2.13. The third-order valence-electron chi connectivity index (χ3n) is 3.58. The molecule has 1 N–H and O–H groups in total. The van der Waals surface area contributed by atoms with Gasteiger partial charge < -0.3 is 14.4 Å². The van der Waals surface area contributed by atoms with E-state index in [1.165, 1.54) is 4.90 Å². The van der Waals surface area contributed by atoms with E-state index in [4.69, 9.17) is 9.47 Å². The van der Waals surface area contributed by atoms with Gasteiger partial charge in [-0.1, -0.05) is 12.1 Å². The second-order valence-electron chi connectivity index (χ2n) is 5.60. The minimum atomic E-state index is 0.0666. The lowest BCUT2D eigenvalue weighted by atomic mass is 10.1. The van der Waals surface area contributed by atoms with Crippen molar-refractivity contribution in [1.29, 1.82) is 0 Å². The number of nitrogens with one attached hydrogen (secondary N) is 1. The Morgan fingerprint density at radius 1 is 1.35 bits per heavy atom. The van der Waals surface area contributed by atoms with Gasteiger partial charge in [-0.05, 0) is 32.9 Å². The van der Waals surface area contributed by atoms with Crippen LogP contribution in [0.25, 0.3) is 0 Å². The summed E-state index contributed by atoms with van der Waals surface area (Å²) in [6, 6.07) is 7.37. The quantitative estimate of drug-likeness (QED) is 0.816. The second-order valence-corrected chi connectivity index (χ2v) is 5.60. The molecule has 1 saturated heterocycles. The molecule has 4 heteroatoms. The summed E-state index contributed by atoms with van der Waals surface area (Å²) in [7, 11) is 0. The third kappa shape index (κ3) is 4.32. The second kappa shape index (κ2) is 6.86. The number of benzene rings is 1. The van der Waals surface area contributed by atoms with Crippen molar-refractivity contribution in [2.75, 3.05) is 26.2 Å². The Morgan fingerprint density at radius 2 is 2.05 bits per heavy atom. The SMILES string of the molecule is CC(=O)c1cccc(OCC[NH+]2C[C@H](C)O[C@@H](C)C2)c1. The zero-order valence-corrected chi connectivity index (χ0v) is 12.5. The van der Waals surface area contributed by atoms with Crippen LogP contribution in [0, 0.1) is 0 Å². The van der Waals surface area contributed by atoms with E-state index in [0.29, 0.717) is 24.4 Å². The van der Waals surface area contributed by atoms with Crippen LogP contribution < -0.4 is 9.64 Å². The maximum absolute atomic E-state index is 11.3. The van der Waals surface area contributed by atoms with Crippen molar-refractivity contribution in [3.63, 3.8) is 0 Å². The first kappa shape index (κ1) is 15.0. The molecule has 1 fully saturated rings. The summed E-state index contributed by atoms with van der Waals surface area (Å²) >= 11 is 0. The van der Waals surface area contributed by atoms with Gasteiger partial charge in [0.2, 0.25) is 0 Å². The molecule has 2 atom stereocenters. The molecular weight excluding hydrogens is 254 g/mol. The Bertz CT molecular complexity index is 451. The number of Topliss-reactive ketones (excluding diaryl/α,β-unsaturated/α-hetero) is 1. The standard InChI is InChI=1S/C16H23NO3/c1-12-10-17(11-13(2)20-12)7-8-19-16-6-4-5-15(9-16)14(3)18/h4-6,9,12-13H,7-8,10-11H2,1-3H3/p+1/t12-,13-/m0/s1. The molecule has 0 spiro atoms. The first-order valence-electron chi connectivity index (χ1n) is 7.27. The lowest BCUT2D eigenvalue weighted by molar-refractivity contribution is -0.915. The molecule has 0 aromatic heterocycles. The van der Waals surface area contributed by atoms with Gasteiger partial charge in [0.05, 0.1) is 0 Å². The van der Waals surface area contributed by atoms with Gasteiger partial charge in [-0.15, -0.1) is 0 Å². The molecule has 20 heavy (non-hydrogen) atoms. The van der Waals surface area contributed by atoms with E-state index in [1.54, 1.807) is 6.92 Å². The molecule has 1 aromatic carbocycles. The van der Waals surface area contributed by atoms with Crippen molar-refractivity contribution in [2.45, 2.75) is 33.0 Å². The first-order valence-corrected chi connectivity index (χ1v) is 7.27. The Morgan fingerprint density at radius 3 is 2.70 bits per heavy atom. The Balaban J connectivity index is 1.81. The average molecular weight is 278 g/mol. The summed E-state index contributed by atoms with van der Waals surface area (Å²) in [5, 5.41) is 0. The number of ether oxygens (including phenoxy) is 2. The van der Waals surface area contributed by atoms with Crippen LogP contribution in [0.15, 0.2) is 24.3 Å². The predicted octanol–water partition coefficient (Wildman–Crippen LogP) is 0.960. The van der Waals surface area contributed by atoms with Gasteiger partial charge in [0.1, 0.15) is 44.2 Å². The van der Waals surface area contributed by atoms with Crippen LogP contribution >= 0.6 is 0 Å². The van der Waals surface area contributed by atoms with E-state index in [2.05, 4.69) is 13.8 Å². The summed E-state index contributed by atoms with van der Waals surface area (Å²) < 4.78 is 11.5. The van der Waals surface area contributed by atoms with E-state index in [-0.39, 0.29) is 5.78 Å². The van der Waals surface area contributed by atoms with E-state index in [9.17, 15) is 4.79 Å². The highest BCUT2D eigenvalue weighted by Gasteiger charge is 2.25. The molecule has 1 heterocycles.